The van der Waals surface area contributed by atoms with Gasteiger partial charge in [0.25, 0.3) is 12.1 Å². The Morgan fingerprint density at radius 2 is 1.85 bits per heavy atom. The molecule has 1 N–H and O–H groups in total. The predicted molar refractivity (Wildman–Crippen MR) is 106 cm³/mol. The van der Waals surface area contributed by atoms with E-state index in [1.54, 1.807) is 0 Å². The van der Waals surface area contributed by atoms with Crippen molar-refractivity contribution in [3.63, 3.8) is 0 Å². The molecule has 1 aromatic rings. The van der Waals surface area contributed by atoms with E-state index in [1.165, 1.54) is 0 Å². The van der Waals surface area contributed by atoms with Crippen LogP contribution in [0.1, 0.15) is 62.2 Å². The van der Waals surface area contributed by atoms with Crippen molar-refractivity contribution in [2.45, 2.75) is 76.5 Å². The maximum Gasteiger partial charge on any atom is 0.491 e. The minimum atomic E-state index is -5.43. The summed E-state index contributed by atoms with van der Waals surface area (Å²) in [6.45, 7) is 4.90. The van der Waals surface area contributed by atoms with Crippen LogP contribution in [0.5, 0.6) is 0 Å². The Hall–Kier alpha value is -2.31. The number of carbonyl (C=O) groups excluding carboxylic acids is 2. The number of aromatic nitrogens is 2. The first-order valence-electron chi connectivity index (χ1n) is 11.1. The van der Waals surface area contributed by atoms with E-state index in [-0.39, 0.29) is 30.7 Å². The van der Waals surface area contributed by atoms with E-state index in [0.717, 1.165) is 10.2 Å². The topological polar surface area (TPSA) is 76.5 Å². The molecule has 0 bridgehead atoms. The van der Waals surface area contributed by atoms with Gasteiger partial charge in [0.05, 0.1) is 5.69 Å². The van der Waals surface area contributed by atoms with Crippen LogP contribution in [-0.4, -0.2) is 64.6 Å². The molecule has 34 heavy (non-hydrogen) atoms. The van der Waals surface area contributed by atoms with E-state index in [1.807, 2.05) is 13.8 Å². The molecule has 1 aliphatic carbocycles. The molecular weight excluding hydrogens is 470 g/mol. The number of halogens is 6. The first kappa shape index (κ1) is 24.8. The zero-order valence-corrected chi connectivity index (χ0v) is 18.7. The second kappa shape index (κ2) is 8.42. The number of esters is 1. The highest BCUT2D eigenvalue weighted by atomic mass is 19.4. The number of ether oxygens (including phenoxy) is 1. The maximum atomic E-state index is 13.5. The second-order valence-corrected chi connectivity index (χ2v) is 9.94. The third-order valence-electron chi connectivity index (χ3n) is 6.81. The quantitative estimate of drug-likeness (QED) is 0.512. The zero-order valence-electron chi connectivity index (χ0n) is 18.7. The second-order valence-electron chi connectivity index (χ2n) is 9.94. The lowest BCUT2D eigenvalue weighted by molar-refractivity contribution is -0.215. The van der Waals surface area contributed by atoms with E-state index < -0.39 is 36.5 Å². The summed E-state index contributed by atoms with van der Waals surface area (Å²) >= 11 is 0. The van der Waals surface area contributed by atoms with Gasteiger partial charge in [0.2, 0.25) is 0 Å². The fraction of sp³-hybridized carbons (Fsp3) is 0.762. The van der Waals surface area contributed by atoms with Gasteiger partial charge in [-0.1, -0.05) is 13.8 Å². The summed E-state index contributed by atoms with van der Waals surface area (Å²) in [4.78, 5) is 25.4. The molecule has 1 unspecified atom stereocenters. The van der Waals surface area contributed by atoms with E-state index in [4.69, 9.17) is 0 Å². The van der Waals surface area contributed by atoms with Crippen LogP contribution < -0.4 is 5.32 Å². The Balaban J connectivity index is 1.77. The fourth-order valence-corrected chi connectivity index (χ4v) is 4.89. The van der Waals surface area contributed by atoms with Gasteiger partial charge < -0.3 is 15.0 Å². The molecule has 0 aromatic carbocycles. The Bertz CT molecular complexity index is 967. The summed E-state index contributed by atoms with van der Waals surface area (Å²) in [7, 11) is 0. The van der Waals surface area contributed by atoms with Gasteiger partial charge in [-0.3, -0.25) is 4.79 Å². The van der Waals surface area contributed by atoms with Crippen LogP contribution in [0.2, 0.25) is 0 Å². The van der Waals surface area contributed by atoms with Gasteiger partial charge in [0.1, 0.15) is 6.04 Å². The number of hydrogen-bond acceptors (Lipinski definition) is 5. The van der Waals surface area contributed by atoms with Crippen LogP contribution in [0.25, 0.3) is 0 Å². The van der Waals surface area contributed by atoms with Gasteiger partial charge in [-0.2, -0.15) is 31.4 Å². The van der Waals surface area contributed by atoms with Gasteiger partial charge in [0, 0.05) is 31.2 Å². The molecule has 0 radical (unpaired) electrons. The van der Waals surface area contributed by atoms with Crippen LogP contribution in [0.15, 0.2) is 0 Å². The van der Waals surface area contributed by atoms with Crippen molar-refractivity contribution in [2.75, 3.05) is 19.6 Å². The first-order valence-corrected chi connectivity index (χ1v) is 11.1. The number of nitrogens with zero attached hydrogens (tertiary/aromatic N) is 3. The lowest BCUT2D eigenvalue weighted by Gasteiger charge is -2.33. The number of rotatable bonds is 4. The molecule has 4 rings (SSSR count). The molecule has 13 heteroatoms. The molecule has 2 saturated heterocycles. The Kier molecular flexibility index (Phi) is 6.14. The third kappa shape index (κ3) is 4.63. The predicted octanol–water partition coefficient (Wildman–Crippen LogP) is 3.24. The first-order chi connectivity index (χ1) is 15.7. The van der Waals surface area contributed by atoms with Crippen LogP contribution >= 0.6 is 0 Å². The van der Waals surface area contributed by atoms with Crippen molar-refractivity contribution in [2.24, 2.45) is 5.41 Å². The molecule has 2 fully saturated rings. The van der Waals surface area contributed by atoms with Gasteiger partial charge >= 0.3 is 18.3 Å². The molecule has 2 atom stereocenters. The van der Waals surface area contributed by atoms with Crippen molar-refractivity contribution >= 4 is 11.9 Å². The summed E-state index contributed by atoms with van der Waals surface area (Å²) in [5.41, 5.74) is 1.64. The minimum Gasteiger partial charge on any atom is -0.423 e. The van der Waals surface area contributed by atoms with Crippen molar-refractivity contribution in [1.82, 2.24) is 20.0 Å². The molecule has 1 aromatic heterocycles. The minimum absolute atomic E-state index is 0.0280. The molecular formula is C21H26F6N4O3. The molecule has 3 aliphatic rings. The van der Waals surface area contributed by atoms with Crippen molar-refractivity contribution < 1.29 is 40.7 Å². The van der Waals surface area contributed by atoms with E-state index in [2.05, 4.69) is 15.2 Å². The lowest BCUT2D eigenvalue weighted by Crippen LogP contribution is -2.49. The summed E-state index contributed by atoms with van der Waals surface area (Å²) < 4.78 is 85.1. The van der Waals surface area contributed by atoms with Gasteiger partial charge in [-0.05, 0) is 43.1 Å². The molecule has 7 nitrogen and oxygen atoms in total. The normalized spacial score (nSPS) is 23.9. The molecule has 2 aliphatic heterocycles. The SMILES string of the molecule is CC1(C)CCc2c(c(C3CNC3)nn2C(OC(=O)C(F)(F)F)C(=O)N2CCC[C@H]2C(F)(F)F)C1. The number of alkyl halides is 6. The zero-order chi connectivity index (χ0) is 25.1. The van der Waals surface area contributed by atoms with E-state index >= 15 is 0 Å². The third-order valence-corrected chi connectivity index (χ3v) is 6.81. The molecule has 190 valence electrons. The largest absolute Gasteiger partial charge is 0.491 e. The average Bonchev–Trinajstić information content (AvgIpc) is 3.28. The van der Waals surface area contributed by atoms with Crippen molar-refractivity contribution in [3.05, 3.63) is 17.0 Å². The number of amides is 1. The Labute approximate surface area is 191 Å². The summed E-state index contributed by atoms with van der Waals surface area (Å²) in [5, 5.41) is 7.48. The highest BCUT2D eigenvalue weighted by Crippen LogP contribution is 2.41. The molecule has 3 heterocycles. The van der Waals surface area contributed by atoms with E-state index in [9.17, 15) is 35.9 Å². The maximum absolute atomic E-state index is 13.5. The number of carbonyl (C=O) groups is 2. The van der Waals surface area contributed by atoms with Gasteiger partial charge in [-0.15, -0.1) is 0 Å². The standard InChI is InChI=1S/C21H26F6N4O3/c1-19(2)6-5-13-12(8-19)15(11-9-28-10-11)29-31(13)17(34-18(33)21(25,26)27)16(32)30-7-3-4-14(30)20(22,23)24/h11,14,17,28H,3-10H2,1-2H3/t14-,17?/m0/s1. The average molecular weight is 496 g/mol. The summed E-state index contributed by atoms with van der Waals surface area (Å²) in [6.07, 6.45) is -11.3. The van der Waals surface area contributed by atoms with Gasteiger partial charge in [-0.25, -0.2) is 9.48 Å². The smallest absolute Gasteiger partial charge is 0.423 e. The number of nitrogens with one attached hydrogen (secondary N) is 1. The van der Waals surface area contributed by atoms with Crippen molar-refractivity contribution in [3.8, 4) is 0 Å². The number of likely N-dealkylation sites (tertiary alicyclic amines) is 1. The highest BCUT2D eigenvalue weighted by molar-refractivity contribution is 5.84. The Morgan fingerprint density at radius 3 is 2.41 bits per heavy atom. The Morgan fingerprint density at radius 1 is 1.18 bits per heavy atom. The highest BCUT2D eigenvalue weighted by Gasteiger charge is 2.52. The number of fused-ring (bicyclic) bond motifs is 1. The van der Waals surface area contributed by atoms with E-state index in [0.29, 0.717) is 48.6 Å². The lowest BCUT2D eigenvalue weighted by atomic mass is 9.74. The van der Waals surface area contributed by atoms with Crippen LogP contribution in [0, 0.1) is 5.41 Å². The van der Waals surface area contributed by atoms with Gasteiger partial charge in [0.15, 0.2) is 0 Å². The van der Waals surface area contributed by atoms with Crippen LogP contribution in [-0.2, 0) is 27.2 Å². The molecule has 0 saturated carbocycles. The summed E-state index contributed by atoms with van der Waals surface area (Å²) in [5.74, 6) is -4.06. The van der Waals surface area contributed by atoms with Crippen molar-refractivity contribution in [1.29, 1.82) is 0 Å². The summed E-state index contributed by atoms with van der Waals surface area (Å²) in [6, 6.07) is -2.16. The molecule has 1 amide bonds. The fourth-order valence-electron chi connectivity index (χ4n) is 4.89. The van der Waals surface area contributed by atoms with Crippen LogP contribution in [0.3, 0.4) is 0 Å². The molecule has 0 spiro atoms. The monoisotopic (exact) mass is 496 g/mol. The number of hydrogen-bond donors (Lipinski definition) is 1. The van der Waals surface area contributed by atoms with Crippen LogP contribution in [0.4, 0.5) is 26.3 Å².